The molecule has 1 aromatic rings. The molecule has 0 spiro atoms. The molecule has 0 aromatic heterocycles. The van der Waals surface area contributed by atoms with Gasteiger partial charge in [-0.3, -0.25) is 0 Å². The van der Waals surface area contributed by atoms with Crippen LogP contribution in [0.5, 0.6) is 0 Å². The number of hydrogen-bond acceptors (Lipinski definition) is 4. The number of nitrogen functional groups attached to an aromatic ring is 1. The lowest BCUT2D eigenvalue weighted by Crippen LogP contribution is -2.00. The standard InChI is InChI=1S/C9H11NO3S/c10-6-1-2-7(9(12)13)8(5-6)14-4-3-11/h1-2,5,11H,3-4,10H2,(H,12,13). The van der Waals surface area contributed by atoms with Gasteiger partial charge in [0.1, 0.15) is 0 Å². The third-order valence-electron chi connectivity index (χ3n) is 1.58. The van der Waals surface area contributed by atoms with Crippen LogP contribution in [-0.2, 0) is 0 Å². The summed E-state index contributed by atoms with van der Waals surface area (Å²) in [6.45, 7) is 0.0124. The van der Waals surface area contributed by atoms with Crippen LogP contribution >= 0.6 is 11.8 Å². The van der Waals surface area contributed by atoms with Crippen LogP contribution in [0.2, 0.25) is 0 Å². The number of aliphatic hydroxyl groups is 1. The molecule has 0 radical (unpaired) electrons. The van der Waals surface area contributed by atoms with E-state index >= 15 is 0 Å². The first-order valence-corrected chi connectivity index (χ1v) is 5.00. The Morgan fingerprint density at radius 2 is 2.21 bits per heavy atom. The van der Waals surface area contributed by atoms with E-state index in [0.717, 1.165) is 0 Å². The summed E-state index contributed by atoms with van der Waals surface area (Å²) in [6.07, 6.45) is 0. The van der Waals surface area contributed by atoms with Crippen LogP contribution in [0.15, 0.2) is 23.1 Å². The summed E-state index contributed by atoms with van der Waals surface area (Å²) in [5.41, 5.74) is 6.27. The van der Waals surface area contributed by atoms with Crippen molar-refractivity contribution in [1.29, 1.82) is 0 Å². The summed E-state index contributed by atoms with van der Waals surface area (Å²) < 4.78 is 0. The normalized spacial score (nSPS) is 10.1. The van der Waals surface area contributed by atoms with Crippen molar-refractivity contribution >= 4 is 23.4 Å². The Hall–Kier alpha value is -1.20. The van der Waals surface area contributed by atoms with Gasteiger partial charge >= 0.3 is 5.97 Å². The highest BCUT2D eigenvalue weighted by Gasteiger charge is 2.09. The number of nitrogens with two attached hydrogens (primary N) is 1. The van der Waals surface area contributed by atoms with Crippen molar-refractivity contribution < 1.29 is 15.0 Å². The van der Waals surface area contributed by atoms with E-state index in [1.165, 1.54) is 17.8 Å². The maximum Gasteiger partial charge on any atom is 0.336 e. The molecule has 14 heavy (non-hydrogen) atoms. The lowest BCUT2D eigenvalue weighted by Gasteiger charge is -2.05. The van der Waals surface area contributed by atoms with Crippen molar-refractivity contribution in [3.05, 3.63) is 23.8 Å². The molecule has 0 saturated heterocycles. The third-order valence-corrected chi connectivity index (χ3v) is 2.62. The first-order valence-electron chi connectivity index (χ1n) is 4.01. The van der Waals surface area contributed by atoms with Crippen LogP contribution in [-0.4, -0.2) is 28.5 Å². The SMILES string of the molecule is Nc1ccc(C(=O)O)c(SCCO)c1. The molecule has 0 atom stereocenters. The molecule has 0 heterocycles. The number of rotatable bonds is 4. The predicted molar refractivity (Wildman–Crippen MR) is 55.6 cm³/mol. The van der Waals surface area contributed by atoms with Crippen molar-refractivity contribution in [3.8, 4) is 0 Å². The molecule has 0 aliphatic rings. The minimum atomic E-state index is -0.981. The van der Waals surface area contributed by atoms with Gasteiger partial charge in [-0.1, -0.05) is 0 Å². The Labute approximate surface area is 85.7 Å². The Balaban J connectivity index is 2.97. The maximum atomic E-state index is 10.8. The number of aromatic carboxylic acids is 1. The second-order valence-corrected chi connectivity index (χ2v) is 3.77. The fraction of sp³-hybridized carbons (Fsp3) is 0.222. The van der Waals surface area contributed by atoms with Gasteiger partial charge in [0.15, 0.2) is 0 Å². The summed E-state index contributed by atoms with van der Waals surface area (Å²) in [5, 5.41) is 17.5. The quantitative estimate of drug-likeness (QED) is 0.514. The van der Waals surface area contributed by atoms with E-state index in [0.29, 0.717) is 16.3 Å². The minimum Gasteiger partial charge on any atom is -0.478 e. The number of carboxylic acid groups (broad SMARTS) is 1. The fourth-order valence-electron chi connectivity index (χ4n) is 0.991. The number of carbonyl (C=O) groups is 1. The first-order chi connectivity index (χ1) is 6.65. The lowest BCUT2D eigenvalue weighted by atomic mass is 10.2. The maximum absolute atomic E-state index is 10.8. The number of benzene rings is 1. The van der Waals surface area contributed by atoms with Crippen molar-refractivity contribution in [2.75, 3.05) is 18.1 Å². The van der Waals surface area contributed by atoms with Crippen LogP contribution in [0.4, 0.5) is 5.69 Å². The Morgan fingerprint density at radius 1 is 1.50 bits per heavy atom. The third kappa shape index (κ3) is 2.65. The molecule has 4 nitrogen and oxygen atoms in total. The Kier molecular flexibility index (Phi) is 3.79. The zero-order valence-electron chi connectivity index (χ0n) is 7.43. The van der Waals surface area contributed by atoms with Gasteiger partial charge in [0.2, 0.25) is 0 Å². The molecule has 0 fully saturated rings. The van der Waals surface area contributed by atoms with E-state index in [-0.39, 0.29) is 12.2 Å². The summed E-state index contributed by atoms with van der Waals surface area (Å²) in [5.74, 6) is -0.519. The average Bonchev–Trinajstić information content (AvgIpc) is 2.14. The van der Waals surface area contributed by atoms with Crippen molar-refractivity contribution in [3.63, 3.8) is 0 Å². The zero-order valence-corrected chi connectivity index (χ0v) is 8.25. The summed E-state index contributed by atoms with van der Waals surface area (Å²) >= 11 is 1.28. The molecule has 0 amide bonds. The van der Waals surface area contributed by atoms with Gasteiger partial charge in [-0.05, 0) is 18.2 Å². The number of hydrogen-bond donors (Lipinski definition) is 3. The smallest absolute Gasteiger partial charge is 0.336 e. The van der Waals surface area contributed by atoms with Gasteiger partial charge in [0.25, 0.3) is 0 Å². The van der Waals surface area contributed by atoms with E-state index in [2.05, 4.69) is 0 Å². The first kappa shape index (κ1) is 10.9. The Bertz CT molecular complexity index is 341. The van der Waals surface area contributed by atoms with Crippen molar-refractivity contribution in [1.82, 2.24) is 0 Å². The second-order valence-electron chi connectivity index (χ2n) is 2.63. The number of carboxylic acids is 1. The highest BCUT2D eigenvalue weighted by Crippen LogP contribution is 2.24. The molecule has 1 aromatic carbocycles. The molecule has 0 unspecified atom stereocenters. The average molecular weight is 213 g/mol. The summed E-state index contributed by atoms with van der Waals surface area (Å²) in [4.78, 5) is 11.4. The van der Waals surface area contributed by atoms with Crippen LogP contribution < -0.4 is 5.73 Å². The number of thioether (sulfide) groups is 1. The van der Waals surface area contributed by atoms with E-state index in [1.807, 2.05) is 0 Å². The van der Waals surface area contributed by atoms with Crippen molar-refractivity contribution in [2.24, 2.45) is 0 Å². The van der Waals surface area contributed by atoms with Gasteiger partial charge in [0.05, 0.1) is 12.2 Å². The van der Waals surface area contributed by atoms with Gasteiger partial charge in [0, 0.05) is 16.3 Å². The molecule has 0 aliphatic heterocycles. The molecular weight excluding hydrogens is 202 g/mol. The van der Waals surface area contributed by atoms with Crippen molar-refractivity contribution in [2.45, 2.75) is 4.90 Å². The van der Waals surface area contributed by atoms with E-state index in [1.54, 1.807) is 12.1 Å². The molecule has 0 saturated carbocycles. The van der Waals surface area contributed by atoms with Crippen LogP contribution in [0.3, 0.4) is 0 Å². The molecule has 0 bridgehead atoms. The number of anilines is 1. The van der Waals surface area contributed by atoms with Gasteiger partial charge < -0.3 is 15.9 Å². The molecule has 0 aliphatic carbocycles. The van der Waals surface area contributed by atoms with Gasteiger partial charge in [-0.15, -0.1) is 11.8 Å². The lowest BCUT2D eigenvalue weighted by molar-refractivity contribution is 0.0693. The molecule has 76 valence electrons. The highest BCUT2D eigenvalue weighted by atomic mass is 32.2. The zero-order chi connectivity index (χ0) is 10.6. The topological polar surface area (TPSA) is 83.6 Å². The monoisotopic (exact) mass is 213 g/mol. The molecular formula is C9H11NO3S. The second kappa shape index (κ2) is 4.88. The molecule has 1 rings (SSSR count). The largest absolute Gasteiger partial charge is 0.478 e. The van der Waals surface area contributed by atoms with E-state index in [4.69, 9.17) is 15.9 Å². The fourth-order valence-corrected chi connectivity index (χ4v) is 1.83. The van der Waals surface area contributed by atoms with Crippen LogP contribution in [0.1, 0.15) is 10.4 Å². The van der Waals surface area contributed by atoms with Gasteiger partial charge in [-0.25, -0.2) is 4.79 Å². The number of aliphatic hydroxyl groups excluding tert-OH is 1. The summed E-state index contributed by atoms with van der Waals surface area (Å²) in [7, 11) is 0. The predicted octanol–water partition coefficient (Wildman–Crippen LogP) is 1.05. The Morgan fingerprint density at radius 3 is 2.79 bits per heavy atom. The highest BCUT2D eigenvalue weighted by molar-refractivity contribution is 7.99. The minimum absolute atomic E-state index is 0.0124. The molecule has 5 heteroatoms. The van der Waals surface area contributed by atoms with Gasteiger partial charge in [-0.2, -0.15) is 0 Å². The van der Waals surface area contributed by atoms with Crippen LogP contribution in [0.25, 0.3) is 0 Å². The molecule has 4 N–H and O–H groups in total. The van der Waals surface area contributed by atoms with E-state index < -0.39 is 5.97 Å². The summed E-state index contributed by atoms with van der Waals surface area (Å²) in [6, 6.07) is 4.62. The van der Waals surface area contributed by atoms with E-state index in [9.17, 15) is 4.79 Å². The van der Waals surface area contributed by atoms with Crippen LogP contribution in [0, 0.1) is 0 Å².